The lowest BCUT2D eigenvalue weighted by Gasteiger charge is -1.69. The fourth-order valence-electron chi connectivity index (χ4n) is 0. The molecule has 9 heavy (non-hydrogen) atoms. The highest BCUT2D eigenvalue weighted by molar-refractivity contribution is 7.85. The molecule has 0 saturated carbocycles. The molecule has 0 aromatic heterocycles. The third-order valence-corrected chi connectivity index (χ3v) is 0. The highest BCUT2D eigenvalue weighted by Crippen LogP contribution is 2.00. The molecule has 56 valence electrons. The first-order valence-electron chi connectivity index (χ1n) is 2.00. The highest BCUT2D eigenvalue weighted by Gasteiger charge is 1.81. The molecule has 0 heterocycles. The molecule has 0 saturated heterocycles. The number of rotatable bonds is 0. The Labute approximate surface area is 55.8 Å². The normalized spacial score (nSPS) is 9.33. The molecule has 0 aromatic carbocycles. The third kappa shape index (κ3) is 2890000. The van der Waals surface area contributed by atoms with E-state index in [9.17, 15) is 13.0 Å². The summed E-state index contributed by atoms with van der Waals surface area (Å²) < 4.78 is 35.5. The predicted molar refractivity (Wildman–Crippen MR) is 36.9 cm³/mol. The van der Waals surface area contributed by atoms with E-state index in [0.29, 0.717) is 6.26 Å². The lowest BCUT2D eigenvalue weighted by Crippen LogP contribution is -1.88. The summed E-state index contributed by atoms with van der Waals surface area (Å²) in [6.45, 7) is 3.35. The van der Waals surface area contributed by atoms with Crippen molar-refractivity contribution >= 4 is 17.9 Å². The molecule has 0 atom stereocenters. The van der Waals surface area contributed by atoms with Gasteiger partial charge in [-0.15, -0.1) is 0 Å². The lowest BCUT2D eigenvalue weighted by molar-refractivity contribution is 0.490. The van der Waals surface area contributed by atoms with Crippen LogP contribution >= 0.6 is 7.80 Å². The van der Waals surface area contributed by atoms with Gasteiger partial charge in [0.15, 0.2) is 0 Å². The number of hydrogen-bond donors (Lipinski definition) is 1. The summed E-state index contributed by atoms with van der Waals surface area (Å²) in [5.41, 5.74) is 0. The van der Waals surface area contributed by atoms with Gasteiger partial charge >= 0.3 is 7.80 Å². The van der Waals surface area contributed by atoms with Gasteiger partial charge in [0.25, 0.3) is 10.1 Å². The molecular weight excluding hydrogens is 163 g/mol. The molecule has 0 aliphatic rings. The van der Waals surface area contributed by atoms with Crippen LogP contribution < -0.4 is 0 Å². The zero-order valence-electron chi connectivity index (χ0n) is 5.53. The van der Waals surface area contributed by atoms with Crippen molar-refractivity contribution in [1.82, 2.24) is 0 Å². The minimum absolute atomic E-state index is 0.715. The van der Waals surface area contributed by atoms with Crippen LogP contribution in [-0.2, 0) is 14.7 Å². The summed E-state index contributed by atoms with van der Waals surface area (Å²) in [6.07, 6.45) is 0.715. The van der Waals surface area contributed by atoms with Gasteiger partial charge in [-0.2, -0.15) is 8.42 Å². The van der Waals surface area contributed by atoms with E-state index in [-0.39, 0.29) is 0 Å². The maximum absolute atomic E-state index is 9.59. The first-order valence-corrected chi connectivity index (χ1v) is 6.00. The summed E-state index contributed by atoms with van der Waals surface area (Å²) in [6, 6.07) is 0. The Morgan fingerprint density at radius 2 is 1.33 bits per heavy atom. The molecule has 0 unspecified atom stereocenters. The monoisotopic (exact) mass is 173 g/mol. The zero-order valence-corrected chi connectivity index (χ0v) is 7.24. The van der Waals surface area contributed by atoms with Crippen molar-refractivity contribution in [3.05, 3.63) is 0 Å². The second-order valence-corrected chi connectivity index (χ2v) is 4.64. The van der Waals surface area contributed by atoms with Crippen molar-refractivity contribution in [3.63, 3.8) is 0 Å². The average Bonchev–Trinajstić information content (AvgIpc) is 1.19. The van der Waals surface area contributed by atoms with E-state index in [4.69, 9.17) is 4.55 Å². The van der Waals surface area contributed by atoms with Gasteiger partial charge in [0.05, 0.1) is 6.26 Å². The smallest absolute Gasteiger partial charge is 0.286 e. The molecule has 0 amide bonds. The Balaban J connectivity index is 0. The lowest BCUT2D eigenvalue weighted by atomic mass is 11.9. The Bertz CT molecular complexity index is 158. The van der Waals surface area contributed by atoms with Gasteiger partial charge in [-0.1, -0.05) is 4.57 Å². The van der Waals surface area contributed by atoms with E-state index in [1.807, 2.05) is 0 Å². The summed E-state index contributed by atoms with van der Waals surface area (Å²) >= 11 is 0. The molecule has 4 nitrogen and oxygen atoms in total. The third-order valence-electron chi connectivity index (χ3n) is 0. The van der Waals surface area contributed by atoms with Crippen LogP contribution in [0.1, 0.15) is 0 Å². The van der Waals surface area contributed by atoms with E-state index in [1.54, 1.807) is 13.3 Å². The molecule has 0 fully saturated rings. The Kier molecular flexibility index (Phi) is 6.34. The Morgan fingerprint density at radius 3 is 1.33 bits per heavy atom. The van der Waals surface area contributed by atoms with Crippen molar-refractivity contribution in [1.29, 1.82) is 0 Å². The molecule has 0 bridgehead atoms. The van der Waals surface area contributed by atoms with Crippen molar-refractivity contribution in [2.75, 3.05) is 19.6 Å². The predicted octanol–water partition coefficient (Wildman–Crippen LogP) is 0.577. The highest BCUT2D eigenvalue weighted by atomic mass is 32.2. The van der Waals surface area contributed by atoms with Crippen molar-refractivity contribution in [2.24, 2.45) is 0 Å². The SMILES string of the molecule is CS(=O)(=O)O.C[P+](C)=O. The molecular formula is C3H10O4PS+. The van der Waals surface area contributed by atoms with Crippen LogP contribution in [0.25, 0.3) is 0 Å². The van der Waals surface area contributed by atoms with Gasteiger partial charge in [-0.3, -0.25) is 4.55 Å². The minimum atomic E-state index is -3.67. The molecule has 0 aliphatic heterocycles. The quantitative estimate of drug-likeness (QED) is 0.429. The van der Waals surface area contributed by atoms with Gasteiger partial charge < -0.3 is 0 Å². The van der Waals surface area contributed by atoms with Crippen molar-refractivity contribution in [3.8, 4) is 0 Å². The minimum Gasteiger partial charge on any atom is -0.286 e. The Morgan fingerprint density at radius 1 is 1.33 bits per heavy atom. The van der Waals surface area contributed by atoms with Crippen LogP contribution in [-0.4, -0.2) is 32.6 Å². The van der Waals surface area contributed by atoms with Gasteiger partial charge in [0.1, 0.15) is 13.3 Å². The summed E-state index contributed by atoms with van der Waals surface area (Å²) in [4.78, 5) is 0. The van der Waals surface area contributed by atoms with E-state index < -0.39 is 17.9 Å². The van der Waals surface area contributed by atoms with Crippen LogP contribution in [0.5, 0.6) is 0 Å². The van der Waals surface area contributed by atoms with Crippen LogP contribution in [0.3, 0.4) is 0 Å². The second kappa shape index (κ2) is 4.85. The molecule has 1 N–H and O–H groups in total. The first-order chi connectivity index (χ1) is 3.73. The number of hydrogen-bond acceptors (Lipinski definition) is 3. The topological polar surface area (TPSA) is 71.4 Å². The Hall–Kier alpha value is 0.01000. The standard InChI is InChI=1S/C2H6OP.CH4O3S/c1-4(2)3;1-5(2,3)4/h1-2H3;1H3,(H,2,3,4)/q+1;. The largest absolute Gasteiger partial charge is 0.332 e. The van der Waals surface area contributed by atoms with Crippen LogP contribution in [0.2, 0.25) is 0 Å². The summed E-state index contributed by atoms with van der Waals surface area (Å²) in [7, 11) is -4.54. The molecule has 0 spiro atoms. The van der Waals surface area contributed by atoms with Crippen LogP contribution in [0, 0.1) is 0 Å². The van der Waals surface area contributed by atoms with Gasteiger partial charge in [0, 0.05) is 0 Å². The molecule has 0 aromatic rings. The molecule has 0 rings (SSSR count). The molecule has 6 heteroatoms. The van der Waals surface area contributed by atoms with E-state index in [2.05, 4.69) is 0 Å². The molecule has 0 radical (unpaired) electrons. The zero-order chi connectivity index (χ0) is 8.08. The fraction of sp³-hybridized carbons (Fsp3) is 1.00. The summed E-state index contributed by atoms with van der Waals surface area (Å²) in [5, 5.41) is 0. The maximum atomic E-state index is 9.59. The second-order valence-electron chi connectivity index (χ2n) is 1.55. The molecule has 0 aliphatic carbocycles. The van der Waals surface area contributed by atoms with Crippen LogP contribution in [0.15, 0.2) is 0 Å². The van der Waals surface area contributed by atoms with E-state index in [0.717, 1.165) is 0 Å². The average molecular weight is 173 g/mol. The first kappa shape index (κ1) is 11.8. The van der Waals surface area contributed by atoms with Gasteiger partial charge in [-0.25, -0.2) is 0 Å². The van der Waals surface area contributed by atoms with Crippen molar-refractivity contribution in [2.45, 2.75) is 0 Å². The summed E-state index contributed by atoms with van der Waals surface area (Å²) in [5.74, 6) is 0. The van der Waals surface area contributed by atoms with Crippen LogP contribution in [0.4, 0.5) is 0 Å². The van der Waals surface area contributed by atoms with E-state index >= 15 is 0 Å². The van der Waals surface area contributed by atoms with E-state index in [1.165, 1.54) is 0 Å². The van der Waals surface area contributed by atoms with Gasteiger partial charge in [0.2, 0.25) is 0 Å². The fourth-order valence-corrected chi connectivity index (χ4v) is 0. The van der Waals surface area contributed by atoms with Gasteiger partial charge in [-0.05, 0) is 0 Å². The maximum Gasteiger partial charge on any atom is 0.332 e. The van der Waals surface area contributed by atoms with Crippen molar-refractivity contribution < 1.29 is 17.5 Å².